The molecule has 7 nitrogen and oxygen atoms in total. The number of amides is 2. The Morgan fingerprint density at radius 1 is 1.03 bits per heavy atom. The predicted molar refractivity (Wildman–Crippen MR) is 147 cm³/mol. The number of nitriles is 1. The highest BCUT2D eigenvalue weighted by atomic mass is 16.5. The van der Waals surface area contributed by atoms with Gasteiger partial charge in [-0.05, 0) is 74.2 Å². The van der Waals surface area contributed by atoms with Gasteiger partial charge in [0.25, 0.3) is 11.8 Å². The molecule has 0 radical (unpaired) electrons. The van der Waals surface area contributed by atoms with Crippen molar-refractivity contribution in [2.45, 2.75) is 47.0 Å². The van der Waals surface area contributed by atoms with Gasteiger partial charge < -0.3 is 4.74 Å². The summed E-state index contributed by atoms with van der Waals surface area (Å²) in [6.07, 6.45) is 6.04. The van der Waals surface area contributed by atoms with Gasteiger partial charge in [0.1, 0.15) is 23.1 Å². The van der Waals surface area contributed by atoms with Crippen LogP contribution >= 0.6 is 0 Å². The highest BCUT2D eigenvalue weighted by molar-refractivity contribution is 6.19. The van der Waals surface area contributed by atoms with Crippen LogP contribution in [-0.4, -0.2) is 39.6 Å². The molecule has 2 heterocycles. The highest BCUT2D eigenvalue weighted by Crippen LogP contribution is 2.33. The number of nitrogens with zero attached hydrogens (tertiary/aromatic N) is 4. The number of carbonyl (C=O) groups is 2. The molecule has 0 N–H and O–H groups in total. The molecule has 38 heavy (non-hydrogen) atoms. The second kappa shape index (κ2) is 11.7. The van der Waals surface area contributed by atoms with E-state index in [2.05, 4.69) is 6.92 Å². The maximum Gasteiger partial charge on any atom is 0.271 e. The van der Waals surface area contributed by atoms with Crippen LogP contribution in [0.2, 0.25) is 0 Å². The van der Waals surface area contributed by atoms with Gasteiger partial charge in [-0.2, -0.15) is 10.4 Å². The number of imide groups is 1. The Kier molecular flexibility index (Phi) is 8.22. The average Bonchev–Trinajstić information content (AvgIpc) is 3.34. The molecule has 3 aromatic rings. The molecule has 194 valence electrons. The molecule has 4 rings (SSSR count). The molecule has 0 unspecified atom stereocenters. The Labute approximate surface area is 223 Å². The van der Waals surface area contributed by atoms with Crippen LogP contribution in [0.3, 0.4) is 0 Å². The van der Waals surface area contributed by atoms with Crippen LogP contribution in [0.5, 0.6) is 5.75 Å². The number of para-hydroxylation sites is 1. The summed E-state index contributed by atoms with van der Waals surface area (Å²) in [5.74, 6) is -0.127. The summed E-state index contributed by atoms with van der Waals surface area (Å²) in [6.45, 7) is 8.63. The third-order valence-electron chi connectivity index (χ3n) is 6.55. The van der Waals surface area contributed by atoms with Crippen molar-refractivity contribution in [1.29, 1.82) is 5.26 Å². The molecule has 2 aromatic carbocycles. The number of hydrogen-bond donors (Lipinski definition) is 0. The fourth-order valence-corrected chi connectivity index (χ4v) is 4.43. The SMILES string of the molecule is CCCCN1C(=O)C(C#N)=C(C)/C(=C\c2cn(-c3ccccc3)nc2-c2ccc(OCCC)cc2C)C1=O. The second-order valence-electron chi connectivity index (χ2n) is 9.32. The average molecular weight is 509 g/mol. The number of rotatable bonds is 9. The number of aromatic nitrogens is 2. The van der Waals surface area contributed by atoms with Crippen molar-refractivity contribution in [3.63, 3.8) is 0 Å². The van der Waals surface area contributed by atoms with Gasteiger partial charge in [-0.1, -0.05) is 38.5 Å². The molecule has 0 atom stereocenters. The Balaban J connectivity index is 1.88. The first-order chi connectivity index (χ1) is 18.4. The Hall–Kier alpha value is -4.44. The van der Waals surface area contributed by atoms with Gasteiger partial charge in [-0.3, -0.25) is 14.5 Å². The minimum Gasteiger partial charge on any atom is -0.494 e. The number of ether oxygens (including phenoxy) is 1. The number of hydrogen-bond acceptors (Lipinski definition) is 5. The molecule has 2 amide bonds. The van der Waals surface area contributed by atoms with Crippen LogP contribution in [0.1, 0.15) is 51.2 Å². The van der Waals surface area contributed by atoms with Gasteiger partial charge in [-0.15, -0.1) is 0 Å². The smallest absolute Gasteiger partial charge is 0.271 e. The Bertz CT molecular complexity index is 1460. The summed E-state index contributed by atoms with van der Waals surface area (Å²) in [7, 11) is 0. The lowest BCUT2D eigenvalue weighted by Gasteiger charge is -2.27. The summed E-state index contributed by atoms with van der Waals surface area (Å²) in [6, 6.07) is 17.6. The van der Waals surface area contributed by atoms with E-state index in [0.29, 0.717) is 35.4 Å². The summed E-state index contributed by atoms with van der Waals surface area (Å²) in [5, 5.41) is 14.6. The first-order valence-electron chi connectivity index (χ1n) is 13.0. The maximum absolute atomic E-state index is 13.5. The summed E-state index contributed by atoms with van der Waals surface area (Å²) < 4.78 is 7.58. The van der Waals surface area contributed by atoms with Crippen LogP contribution in [-0.2, 0) is 9.59 Å². The van der Waals surface area contributed by atoms with Crippen molar-refractivity contribution in [3.05, 3.63) is 82.6 Å². The molecule has 0 bridgehead atoms. The zero-order valence-corrected chi connectivity index (χ0v) is 22.3. The molecule has 1 aliphatic rings. The van der Waals surface area contributed by atoms with Crippen LogP contribution in [0.4, 0.5) is 0 Å². The van der Waals surface area contributed by atoms with Crippen molar-refractivity contribution < 1.29 is 14.3 Å². The quantitative estimate of drug-likeness (QED) is 0.260. The standard InChI is InChI=1S/C31H32N4O3/c1-5-7-15-34-30(36)27(22(4)28(19-32)31(34)37)18-23-20-35(24-11-9-8-10-12-24)33-29(23)26-14-13-25(17-21(26)3)38-16-6-2/h8-14,17-18,20H,5-7,15-16H2,1-4H3/b27-18+. The number of unbranched alkanes of at least 4 members (excludes halogenated alkanes) is 1. The second-order valence-corrected chi connectivity index (χ2v) is 9.32. The normalized spacial score (nSPS) is 14.8. The van der Waals surface area contributed by atoms with Crippen molar-refractivity contribution in [3.8, 4) is 28.8 Å². The Morgan fingerprint density at radius 2 is 1.79 bits per heavy atom. The Morgan fingerprint density at radius 3 is 2.45 bits per heavy atom. The highest BCUT2D eigenvalue weighted by Gasteiger charge is 2.35. The molecular formula is C31H32N4O3. The van der Waals surface area contributed by atoms with Crippen molar-refractivity contribution >= 4 is 17.9 Å². The molecule has 0 spiro atoms. The van der Waals surface area contributed by atoms with Gasteiger partial charge in [-0.25, -0.2) is 4.68 Å². The van der Waals surface area contributed by atoms with Crippen LogP contribution < -0.4 is 4.74 Å². The van der Waals surface area contributed by atoms with Crippen molar-refractivity contribution in [2.24, 2.45) is 0 Å². The monoisotopic (exact) mass is 508 g/mol. The molecular weight excluding hydrogens is 476 g/mol. The first kappa shape index (κ1) is 26.6. The van der Waals surface area contributed by atoms with Gasteiger partial charge in [0.15, 0.2) is 0 Å². The first-order valence-corrected chi connectivity index (χ1v) is 13.0. The van der Waals surface area contributed by atoms with Crippen molar-refractivity contribution in [2.75, 3.05) is 13.2 Å². The number of aryl methyl sites for hydroxylation is 1. The topological polar surface area (TPSA) is 88.2 Å². The van der Waals surface area contributed by atoms with E-state index in [1.807, 2.05) is 74.6 Å². The zero-order valence-electron chi connectivity index (χ0n) is 22.3. The zero-order chi connectivity index (χ0) is 27.2. The minimum absolute atomic E-state index is 0.00226. The largest absolute Gasteiger partial charge is 0.494 e. The number of carbonyl (C=O) groups excluding carboxylic acids is 2. The number of benzene rings is 2. The molecule has 0 aliphatic carbocycles. The van der Waals surface area contributed by atoms with E-state index >= 15 is 0 Å². The van der Waals surface area contributed by atoms with E-state index in [1.165, 1.54) is 4.90 Å². The van der Waals surface area contributed by atoms with Gasteiger partial charge in [0.2, 0.25) is 0 Å². The maximum atomic E-state index is 13.5. The summed E-state index contributed by atoms with van der Waals surface area (Å²) in [4.78, 5) is 27.6. The minimum atomic E-state index is -0.528. The fraction of sp³-hybridized carbons (Fsp3) is 0.290. The van der Waals surface area contributed by atoms with E-state index in [1.54, 1.807) is 17.7 Å². The van der Waals surface area contributed by atoms with E-state index in [9.17, 15) is 14.9 Å². The molecule has 1 aliphatic heterocycles. The van der Waals surface area contributed by atoms with E-state index in [0.717, 1.165) is 35.4 Å². The fourth-order valence-electron chi connectivity index (χ4n) is 4.43. The van der Waals surface area contributed by atoms with E-state index in [4.69, 9.17) is 9.84 Å². The van der Waals surface area contributed by atoms with Crippen LogP contribution in [0.15, 0.2) is 71.4 Å². The van der Waals surface area contributed by atoms with E-state index in [-0.39, 0.29) is 12.1 Å². The van der Waals surface area contributed by atoms with Gasteiger partial charge in [0.05, 0.1) is 12.3 Å². The lowest BCUT2D eigenvalue weighted by molar-refractivity contribution is -0.140. The summed E-state index contributed by atoms with van der Waals surface area (Å²) >= 11 is 0. The third-order valence-corrected chi connectivity index (χ3v) is 6.55. The summed E-state index contributed by atoms with van der Waals surface area (Å²) in [5.41, 5.74) is 4.87. The predicted octanol–water partition coefficient (Wildman–Crippen LogP) is 6.03. The molecule has 1 aromatic heterocycles. The van der Waals surface area contributed by atoms with E-state index < -0.39 is 11.8 Å². The molecule has 0 fully saturated rings. The molecule has 0 saturated carbocycles. The lowest BCUT2D eigenvalue weighted by atomic mass is 9.92. The lowest BCUT2D eigenvalue weighted by Crippen LogP contribution is -2.43. The third kappa shape index (κ3) is 5.30. The van der Waals surface area contributed by atoms with Crippen molar-refractivity contribution in [1.82, 2.24) is 14.7 Å². The van der Waals surface area contributed by atoms with Gasteiger partial charge >= 0.3 is 0 Å². The van der Waals surface area contributed by atoms with Crippen LogP contribution in [0, 0.1) is 18.3 Å². The van der Waals surface area contributed by atoms with Gasteiger partial charge in [0, 0.05) is 29.4 Å². The molecule has 0 saturated heterocycles. The molecule has 7 heteroatoms. The van der Waals surface area contributed by atoms with Crippen LogP contribution in [0.25, 0.3) is 23.0 Å².